The smallest absolute Gasteiger partial charge is 0.406 e. The zero-order valence-corrected chi connectivity index (χ0v) is 15.0. The molecule has 0 radical (unpaired) electrons. The summed E-state index contributed by atoms with van der Waals surface area (Å²) in [6.07, 6.45) is -8.27. The van der Waals surface area contributed by atoms with Crippen LogP contribution in [0, 0.1) is 5.92 Å². The number of anilines is 1. The van der Waals surface area contributed by atoms with Crippen LogP contribution in [0.5, 0.6) is 5.75 Å². The van der Waals surface area contributed by atoms with Crippen LogP contribution in [0.15, 0.2) is 24.5 Å². The van der Waals surface area contributed by atoms with E-state index in [9.17, 15) is 31.1 Å². The number of fused-ring (bicyclic) bond motifs is 1. The summed E-state index contributed by atoms with van der Waals surface area (Å²) in [6.45, 7) is 1.06. The zero-order valence-electron chi connectivity index (χ0n) is 15.0. The van der Waals surface area contributed by atoms with Crippen molar-refractivity contribution in [1.82, 2.24) is 14.9 Å². The molecule has 3 rings (SSSR count). The van der Waals surface area contributed by atoms with E-state index >= 15 is 0 Å². The number of amides is 1. The third-order valence-electron chi connectivity index (χ3n) is 4.53. The summed E-state index contributed by atoms with van der Waals surface area (Å²) in [5.41, 5.74) is 0.141. The number of benzene rings is 1. The van der Waals surface area contributed by atoms with E-state index in [1.165, 1.54) is 13.0 Å². The highest BCUT2D eigenvalue weighted by Gasteiger charge is 2.45. The van der Waals surface area contributed by atoms with Gasteiger partial charge in [-0.3, -0.25) is 4.79 Å². The van der Waals surface area contributed by atoms with E-state index in [-0.39, 0.29) is 24.3 Å². The highest BCUT2D eigenvalue weighted by molar-refractivity contribution is 5.92. The predicted molar refractivity (Wildman–Crippen MR) is 90.0 cm³/mol. The van der Waals surface area contributed by atoms with Crippen LogP contribution in [0.3, 0.4) is 0 Å². The van der Waals surface area contributed by atoms with Crippen molar-refractivity contribution in [3.8, 4) is 5.75 Å². The van der Waals surface area contributed by atoms with Crippen molar-refractivity contribution in [2.45, 2.75) is 31.9 Å². The van der Waals surface area contributed by atoms with Gasteiger partial charge in [-0.25, -0.2) is 9.97 Å². The molecule has 1 aromatic carbocycles. The Morgan fingerprint density at radius 3 is 2.59 bits per heavy atom. The summed E-state index contributed by atoms with van der Waals surface area (Å²) >= 11 is 0. The minimum atomic E-state index is -4.85. The summed E-state index contributed by atoms with van der Waals surface area (Å²) in [4.78, 5) is 21.5. The molecule has 2 atom stereocenters. The number of nitrogens with one attached hydrogen (secondary N) is 1. The second kappa shape index (κ2) is 7.56. The van der Waals surface area contributed by atoms with Crippen LogP contribution in [-0.4, -0.2) is 52.4 Å². The van der Waals surface area contributed by atoms with Crippen LogP contribution >= 0.6 is 0 Å². The van der Waals surface area contributed by atoms with Gasteiger partial charge in [-0.15, -0.1) is 13.2 Å². The van der Waals surface area contributed by atoms with Gasteiger partial charge in [-0.1, -0.05) is 0 Å². The molecule has 6 nitrogen and oxygen atoms in total. The van der Waals surface area contributed by atoms with Crippen LogP contribution < -0.4 is 10.1 Å². The van der Waals surface area contributed by atoms with Crippen molar-refractivity contribution < 1.29 is 35.9 Å². The van der Waals surface area contributed by atoms with Gasteiger partial charge in [-0.05, 0) is 25.5 Å². The molecular weight excluding hydrogens is 406 g/mol. The van der Waals surface area contributed by atoms with Crippen molar-refractivity contribution in [2.75, 3.05) is 18.4 Å². The van der Waals surface area contributed by atoms with E-state index in [4.69, 9.17) is 0 Å². The molecule has 0 unspecified atom stereocenters. The number of hydrogen-bond acceptors (Lipinski definition) is 5. The second-order valence-electron chi connectivity index (χ2n) is 6.63. The first kappa shape index (κ1) is 20.9. The van der Waals surface area contributed by atoms with Crippen molar-refractivity contribution >= 4 is 22.6 Å². The van der Waals surface area contributed by atoms with Crippen molar-refractivity contribution in [3.05, 3.63) is 24.5 Å². The molecule has 1 saturated heterocycles. The van der Waals surface area contributed by atoms with Gasteiger partial charge < -0.3 is 15.0 Å². The quantitative estimate of drug-likeness (QED) is 0.761. The van der Waals surface area contributed by atoms with Gasteiger partial charge >= 0.3 is 12.5 Å². The molecule has 1 fully saturated rings. The van der Waals surface area contributed by atoms with Gasteiger partial charge in [0.05, 0.1) is 11.4 Å². The molecule has 158 valence electrons. The summed E-state index contributed by atoms with van der Waals surface area (Å²) < 4.78 is 79.3. The van der Waals surface area contributed by atoms with E-state index < -0.39 is 42.7 Å². The fourth-order valence-corrected chi connectivity index (χ4v) is 3.12. The molecule has 0 aliphatic carbocycles. The van der Waals surface area contributed by atoms with Gasteiger partial charge in [0.25, 0.3) is 0 Å². The third kappa shape index (κ3) is 4.98. The van der Waals surface area contributed by atoms with E-state index in [0.717, 1.165) is 23.4 Å². The van der Waals surface area contributed by atoms with Crippen molar-refractivity contribution in [2.24, 2.45) is 5.92 Å². The lowest BCUT2D eigenvalue weighted by molar-refractivity contribution is -0.274. The molecule has 29 heavy (non-hydrogen) atoms. The predicted octanol–water partition coefficient (Wildman–Crippen LogP) is 3.74. The number of nitrogens with zero attached hydrogens (tertiary/aromatic N) is 3. The first-order valence-corrected chi connectivity index (χ1v) is 8.56. The summed E-state index contributed by atoms with van der Waals surface area (Å²) in [6, 6.07) is 2.54. The SMILES string of the molecule is C[C@@H](Nc1ncnc2cc(OC(F)(F)F)ccc12)C(=O)N1CC[C@@H](C(F)(F)F)C1. The van der Waals surface area contributed by atoms with Gasteiger partial charge in [-0.2, -0.15) is 13.2 Å². The zero-order chi connectivity index (χ0) is 21.4. The molecule has 1 aromatic heterocycles. The van der Waals surface area contributed by atoms with E-state index in [2.05, 4.69) is 20.0 Å². The van der Waals surface area contributed by atoms with Crippen LogP contribution in [-0.2, 0) is 4.79 Å². The lowest BCUT2D eigenvalue weighted by Gasteiger charge is -2.23. The largest absolute Gasteiger partial charge is 0.573 e. The molecule has 2 aromatic rings. The second-order valence-corrected chi connectivity index (χ2v) is 6.63. The highest BCUT2D eigenvalue weighted by Crippen LogP contribution is 2.34. The first-order chi connectivity index (χ1) is 13.4. The maximum absolute atomic E-state index is 12.8. The molecule has 1 aliphatic rings. The standard InChI is InChI=1S/C17H16F6N4O2/c1-9(15(28)27-5-4-10(7-27)16(18,19)20)26-14-12-3-2-11(29-17(21,22)23)6-13(12)24-8-25-14/h2-3,6,8-10H,4-5,7H2,1H3,(H,24,25,26)/t9-,10-/m1/s1. The summed E-state index contributed by atoms with van der Waals surface area (Å²) in [5, 5.41) is 3.13. The van der Waals surface area contributed by atoms with Crippen LogP contribution in [0.1, 0.15) is 13.3 Å². The fraction of sp³-hybridized carbons (Fsp3) is 0.471. The van der Waals surface area contributed by atoms with Gasteiger partial charge in [0.15, 0.2) is 0 Å². The molecule has 1 aliphatic heterocycles. The van der Waals surface area contributed by atoms with E-state index in [1.54, 1.807) is 0 Å². The van der Waals surface area contributed by atoms with Crippen molar-refractivity contribution in [3.63, 3.8) is 0 Å². The lowest BCUT2D eigenvalue weighted by Crippen LogP contribution is -2.41. The molecule has 12 heteroatoms. The Morgan fingerprint density at radius 2 is 1.97 bits per heavy atom. The Labute approximate surface area is 160 Å². The average Bonchev–Trinajstić information content (AvgIpc) is 3.10. The summed E-state index contributed by atoms with van der Waals surface area (Å²) in [7, 11) is 0. The Bertz CT molecular complexity index is 902. The fourth-order valence-electron chi connectivity index (χ4n) is 3.12. The number of halogens is 6. The number of carbonyl (C=O) groups is 1. The monoisotopic (exact) mass is 422 g/mol. The number of ether oxygens (including phenoxy) is 1. The molecule has 0 saturated carbocycles. The van der Waals surface area contributed by atoms with E-state index in [0.29, 0.717) is 5.39 Å². The maximum atomic E-state index is 12.8. The number of carbonyl (C=O) groups excluding carboxylic acids is 1. The molecule has 2 heterocycles. The summed E-state index contributed by atoms with van der Waals surface area (Å²) in [5.74, 6) is -2.37. The number of likely N-dealkylation sites (tertiary alicyclic amines) is 1. The Kier molecular flexibility index (Phi) is 5.46. The highest BCUT2D eigenvalue weighted by atomic mass is 19.4. The normalized spacial score (nSPS) is 18.7. The van der Waals surface area contributed by atoms with Gasteiger partial charge in [0, 0.05) is 24.5 Å². The molecule has 0 bridgehead atoms. The number of rotatable bonds is 4. The molecule has 1 amide bonds. The van der Waals surface area contributed by atoms with Crippen LogP contribution in [0.4, 0.5) is 32.2 Å². The topological polar surface area (TPSA) is 67.4 Å². The lowest BCUT2D eigenvalue weighted by atomic mass is 10.1. The Hall–Kier alpha value is -2.79. The maximum Gasteiger partial charge on any atom is 0.573 e. The molecular formula is C17H16F6N4O2. The number of alkyl halides is 6. The Balaban J connectivity index is 1.73. The Morgan fingerprint density at radius 1 is 1.24 bits per heavy atom. The molecule has 0 spiro atoms. The minimum Gasteiger partial charge on any atom is -0.406 e. The number of hydrogen-bond donors (Lipinski definition) is 1. The number of aromatic nitrogens is 2. The minimum absolute atomic E-state index is 0.00229. The van der Waals surface area contributed by atoms with Gasteiger partial charge in [0.2, 0.25) is 5.91 Å². The molecule has 1 N–H and O–H groups in total. The third-order valence-corrected chi connectivity index (χ3v) is 4.53. The van der Waals surface area contributed by atoms with Gasteiger partial charge in [0.1, 0.15) is 23.9 Å². The van der Waals surface area contributed by atoms with Crippen LogP contribution in [0.2, 0.25) is 0 Å². The van der Waals surface area contributed by atoms with E-state index in [1.807, 2.05) is 0 Å². The first-order valence-electron chi connectivity index (χ1n) is 8.56. The van der Waals surface area contributed by atoms with Crippen LogP contribution in [0.25, 0.3) is 10.9 Å². The average molecular weight is 422 g/mol. The van der Waals surface area contributed by atoms with Crippen molar-refractivity contribution in [1.29, 1.82) is 0 Å².